The first-order valence-electron chi connectivity index (χ1n) is 13.7. The van der Waals surface area contributed by atoms with Crippen LogP contribution in [0.4, 0.5) is 39.5 Å². The number of aromatic nitrogens is 2. The molecule has 254 valence electrons. The maximum absolute atomic E-state index is 13.7. The van der Waals surface area contributed by atoms with Crippen molar-refractivity contribution in [1.29, 1.82) is 5.41 Å². The smallest absolute Gasteiger partial charge is 0.433 e. The number of hydrogen-bond donors (Lipinski definition) is 3. The summed E-state index contributed by atoms with van der Waals surface area (Å²) >= 11 is 0. The number of aliphatic hydroxyl groups is 1. The van der Waals surface area contributed by atoms with E-state index in [2.05, 4.69) is 9.97 Å². The molecule has 0 unspecified atom stereocenters. The van der Waals surface area contributed by atoms with Crippen molar-refractivity contribution in [2.24, 2.45) is 0 Å². The van der Waals surface area contributed by atoms with Crippen molar-refractivity contribution in [3.63, 3.8) is 0 Å². The van der Waals surface area contributed by atoms with Crippen LogP contribution in [-0.2, 0) is 24.9 Å². The van der Waals surface area contributed by atoms with Crippen LogP contribution in [0.25, 0.3) is 22.3 Å². The number of carbonyl (C=O) groups is 1. The second-order valence-corrected chi connectivity index (χ2v) is 10.7. The summed E-state index contributed by atoms with van der Waals surface area (Å²) in [7, 11) is 1.23. The number of benzene rings is 2. The number of alkyl halides is 9. The van der Waals surface area contributed by atoms with Crippen molar-refractivity contribution in [3.05, 3.63) is 100.0 Å². The minimum absolute atomic E-state index is 0.00707. The predicted molar refractivity (Wildman–Crippen MR) is 154 cm³/mol. The summed E-state index contributed by atoms with van der Waals surface area (Å²) in [6.45, 7) is 1.63. The van der Waals surface area contributed by atoms with Crippen LogP contribution >= 0.6 is 0 Å². The van der Waals surface area contributed by atoms with Crippen LogP contribution in [0.3, 0.4) is 0 Å². The van der Waals surface area contributed by atoms with Crippen molar-refractivity contribution >= 4 is 11.7 Å². The maximum atomic E-state index is 13.7. The molecule has 2 aromatic heterocycles. The first-order chi connectivity index (χ1) is 22.2. The highest BCUT2D eigenvalue weighted by Crippen LogP contribution is 2.40. The Morgan fingerprint density at radius 2 is 1.46 bits per heavy atom. The molecule has 1 atom stereocenters. The summed E-state index contributed by atoms with van der Waals surface area (Å²) in [6, 6.07) is 6.85. The summed E-state index contributed by atoms with van der Waals surface area (Å²) < 4.78 is 126. The van der Waals surface area contributed by atoms with Gasteiger partial charge in [-0.25, -0.2) is 9.78 Å². The Morgan fingerprint density at radius 1 is 0.833 bits per heavy atom. The van der Waals surface area contributed by atoms with Crippen LogP contribution in [0.2, 0.25) is 0 Å². The van der Waals surface area contributed by atoms with Crippen LogP contribution in [0, 0.1) is 12.3 Å². The number of aliphatic hydroxyl groups excluding tert-OH is 1. The Morgan fingerprint density at radius 3 is 1.98 bits per heavy atom. The quantitative estimate of drug-likeness (QED) is 0.120. The van der Waals surface area contributed by atoms with Crippen LogP contribution in [-0.4, -0.2) is 39.0 Å². The maximum Gasteiger partial charge on any atom is 0.433 e. The van der Waals surface area contributed by atoms with E-state index in [1.165, 1.54) is 37.6 Å². The first-order valence-corrected chi connectivity index (χ1v) is 13.7. The molecule has 0 aliphatic heterocycles. The van der Waals surface area contributed by atoms with Crippen molar-refractivity contribution < 1.29 is 59.3 Å². The molecule has 0 fully saturated rings. The van der Waals surface area contributed by atoms with E-state index in [0.29, 0.717) is 34.9 Å². The number of pyridine rings is 2. The Labute approximate surface area is 266 Å². The van der Waals surface area contributed by atoms with E-state index in [1.807, 2.05) is 0 Å². The summed E-state index contributed by atoms with van der Waals surface area (Å²) in [5.74, 6) is -1.24. The van der Waals surface area contributed by atoms with Gasteiger partial charge < -0.3 is 20.4 Å². The van der Waals surface area contributed by atoms with Crippen LogP contribution < -0.4 is 4.74 Å². The zero-order valence-electron chi connectivity index (χ0n) is 24.8. The molecule has 7 nitrogen and oxygen atoms in total. The highest BCUT2D eigenvalue weighted by molar-refractivity contribution is 5.90. The largest absolute Gasteiger partial charge is 0.481 e. The van der Waals surface area contributed by atoms with Gasteiger partial charge in [0, 0.05) is 47.6 Å². The molecule has 4 aromatic rings. The first kappa shape index (κ1) is 35.9. The minimum Gasteiger partial charge on any atom is -0.481 e. The van der Waals surface area contributed by atoms with E-state index >= 15 is 0 Å². The summed E-state index contributed by atoms with van der Waals surface area (Å²) in [6.07, 6.45) is -16.6. The van der Waals surface area contributed by atoms with Gasteiger partial charge in [0.1, 0.15) is 5.69 Å². The van der Waals surface area contributed by atoms with E-state index < -0.39 is 71.5 Å². The SMILES string of the molecule is COc1ncc(-c2ccc(C(=O)O)cc2C)cc1-c1cnc(C(F)(F)F)cc1CC(=N)C[C@H](O)c1cc(C(F)(F)F)cc(C(F)(F)F)c1. The average molecular weight is 686 g/mol. The number of aryl methyl sites for hydroxylation is 1. The third-order valence-corrected chi connectivity index (χ3v) is 7.24. The zero-order chi connectivity index (χ0) is 35.8. The molecule has 4 rings (SSSR count). The van der Waals surface area contributed by atoms with Crippen LogP contribution in [0.15, 0.2) is 60.9 Å². The number of ether oxygens (including phenoxy) is 1. The fourth-order valence-corrected chi connectivity index (χ4v) is 4.94. The molecular formula is C32H24F9N3O4. The number of carboxylic acids is 1. The number of rotatable bonds is 9. The molecular weight excluding hydrogens is 661 g/mol. The molecule has 3 N–H and O–H groups in total. The number of halogens is 9. The van der Waals surface area contributed by atoms with E-state index in [-0.39, 0.29) is 34.2 Å². The molecule has 0 aliphatic rings. The Bertz CT molecular complexity index is 1840. The molecule has 0 saturated heterocycles. The summed E-state index contributed by atoms with van der Waals surface area (Å²) in [5.41, 5.74) is -4.68. The number of methoxy groups -OCH3 is 1. The number of nitrogens with one attached hydrogen (secondary N) is 1. The van der Waals surface area contributed by atoms with Gasteiger partial charge in [-0.05, 0) is 71.6 Å². The summed E-state index contributed by atoms with van der Waals surface area (Å²) in [5, 5.41) is 28.3. The molecule has 0 saturated carbocycles. The molecule has 0 radical (unpaired) electrons. The Hall–Kier alpha value is -4.99. The molecule has 2 heterocycles. The van der Waals surface area contributed by atoms with Crippen LogP contribution in [0.1, 0.15) is 56.4 Å². The van der Waals surface area contributed by atoms with Crippen molar-refractivity contribution in [1.82, 2.24) is 9.97 Å². The third kappa shape index (κ3) is 8.10. The number of aromatic carboxylic acids is 1. The lowest BCUT2D eigenvalue weighted by molar-refractivity contribution is -0.143. The molecule has 48 heavy (non-hydrogen) atoms. The Balaban J connectivity index is 1.75. The van der Waals surface area contributed by atoms with E-state index in [1.54, 1.807) is 6.92 Å². The lowest BCUT2D eigenvalue weighted by Gasteiger charge is -2.19. The van der Waals surface area contributed by atoms with Crippen molar-refractivity contribution in [3.8, 4) is 28.1 Å². The molecule has 0 aliphatic carbocycles. The van der Waals surface area contributed by atoms with Gasteiger partial charge in [-0.1, -0.05) is 6.07 Å². The van der Waals surface area contributed by atoms with Gasteiger partial charge in [0.25, 0.3) is 0 Å². The highest BCUT2D eigenvalue weighted by Gasteiger charge is 2.38. The van der Waals surface area contributed by atoms with E-state index in [9.17, 15) is 54.5 Å². The second kappa shape index (κ2) is 13.3. The van der Waals surface area contributed by atoms with Gasteiger partial charge >= 0.3 is 24.5 Å². The van der Waals surface area contributed by atoms with E-state index in [4.69, 9.17) is 10.1 Å². The van der Waals surface area contributed by atoms with Gasteiger partial charge in [0.05, 0.1) is 29.9 Å². The lowest BCUT2D eigenvalue weighted by atomic mass is 9.92. The molecule has 2 aromatic carbocycles. The monoisotopic (exact) mass is 685 g/mol. The van der Waals surface area contributed by atoms with Crippen molar-refractivity contribution in [2.75, 3.05) is 7.11 Å². The van der Waals surface area contributed by atoms with Gasteiger partial charge in [-0.15, -0.1) is 0 Å². The van der Waals surface area contributed by atoms with Gasteiger partial charge in [0.2, 0.25) is 5.88 Å². The number of carboxylic acid groups (broad SMARTS) is 1. The number of hydrogen-bond acceptors (Lipinski definition) is 6. The van der Waals surface area contributed by atoms with Gasteiger partial charge in [-0.2, -0.15) is 39.5 Å². The van der Waals surface area contributed by atoms with Gasteiger partial charge in [-0.3, -0.25) is 4.98 Å². The molecule has 16 heteroatoms. The normalized spacial score (nSPS) is 12.9. The minimum atomic E-state index is -5.19. The standard InChI is InChI=1S/C32H24F9N3O4/c1-15-5-16(29(46)47)3-4-23(15)19-9-24(28(48-2)44-13-19)25-14-43-27(32(39,40)41)10-17(25)8-22(42)12-26(45)18-6-20(30(33,34)35)11-21(7-18)31(36,37)38/h3-7,9-11,13-14,26,42,45H,8,12H2,1-2H3,(H,46,47)/t26-/m0/s1. The highest BCUT2D eigenvalue weighted by atomic mass is 19.4. The molecule has 0 bridgehead atoms. The van der Waals surface area contributed by atoms with E-state index in [0.717, 1.165) is 6.20 Å². The fraction of sp³-hybridized carbons (Fsp3) is 0.250. The predicted octanol–water partition coefficient (Wildman–Crippen LogP) is 8.57. The lowest BCUT2D eigenvalue weighted by Crippen LogP contribution is -2.15. The van der Waals surface area contributed by atoms with Gasteiger partial charge in [0.15, 0.2) is 0 Å². The summed E-state index contributed by atoms with van der Waals surface area (Å²) in [4.78, 5) is 19.1. The third-order valence-electron chi connectivity index (χ3n) is 7.24. The van der Waals surface area contributed by atoms with Crippen LogP contribution in [0.5, 0.6) is 5.88 Å². The second-order valence-electron chi connectivity index (χ2n) is 10.7. The molecule has 0 spiro atoms. The zero-order valence-corrected chi connectivity index (χ0v) is 24.8. The fourth-order valence-electron chi connectivity index (χ4n) is 4.94. The number of nitrogens with zero attached hydrogens (tertiary/aromatic N) is 2. The average Bonchev–Trinajstić information content (AvgIpc) is 2.99. The van der Waals surface area contributed by atoms with Crippen molar-refractivity contribution in [2.45, 2.75) is 44.4 Å². The topological polar surface area (TPSA) is 116 Å². The Kier molecular flexibility index (Phi) is 9.90. The molecule has 0 amide bonds.